The van der Waals surface area contributed by atoms with Crippen LogP contribution in [0.5, 0.6) is 0 Å². The van der Waals surface area contributed by atoms with Crippen LogP contribution in [-0.4, -0.2) is 18.5 Å². The molecule has 2 aromatic carbocycles. The molecule has 0 saturated heterocycles. The molecule has 2 rings (SSSR count). The van der Waals surface area contributed by atoms with Gasteiger partial charge < -0.3 is 10.1 Å². The molecule has 5 heteroatoms. The molecular weight excluding hydrogens is 292 g/mol. The number of amides is 2. The van der Waals surface area contributed by atoms with Crippen LogP contribution in [0.3, 0.4) is 0 Å². The summed E-state index contributed by atoms with van der Waals surface area (Å²) in [6.07, 6.45) is 0.972. The van der Waals surface area contributed by atoms with E-state index in [2.05, 4.69) is 17.2 Å². The SMILES string of the molecule is C=CCNC(=O)c1ccccc1NC(=O)OCc1ccccc1. The second kappa shape index (κ2) is 8.38. The van der Waals surface area contributed by atoms with Crippen LogP contribution >= 0.6 is 0 Å². The Labute approximate surface area is 135 Å². The van der Waals surface area contributed by atoms with Crippen molar-refractivity contribution in [3.8, 4) is 0 Å². The van der Waals surface area contributed by atoms with Crippen molar-refractivity contribution >= 4 is 17.7 Å². The Morgan fingerprint density at radius 3 is 2.48 bits per heavy atom. The molecule has 0 radical (unpaired) electrons. The second-order valence-corrected chi connectivity index (χ2v) is 4.73. The first kappa shape index (κ1) is 16.3. The largest absolute Gasteiger partial charge is 0.444 e. The van der Waals surface area contributed by atoms with E-state index in [1.54, 1.807) is 30.3 Å². The average molecular weight is 310 g/mol. The molecule has 0 unspecified atom stereocenters. The molecule has 5 nitrogen and oxygen atoms in total. The number of carbonyl (C=O) groups is 2. The van der Waals surface area contributed by atoms with Gasteiger partial charge in [0, 0.05) is 6.54 Å². The van der Waals surface area contributed by atoms with E-state index in [0.717, 1.165) is 5.56 Å². The molecule has 0 saturated carbocycles. The number of rotatable bonds is 6. The maximum absolute atomic E-state index is 12.0. The zero-order valence-corrected chi connectivity index (χ0v) is 12.6. The summed E-state index contributed by atoms with van der Waals surface area (Å²) < 4.78 is 5.15. The third kappa shape index (κ3) is 5.00. The minimum absolute atomic E-state index is 0.164. The monoisotopic (exact) mass is 310 g/mol. The molecule has 0 aliphatic heterocycles. The van der Waals surface area contributed by atoms with Crippen LogP contribution in [0.25, 0.3) is 0 Å². The molecule has 2 N–H and O–H groups in total. The molecule has 0 spiro atoms. The van der Waals surface area contributed by atoms with Crippen LogP contribution in [-0.2, 0) is 11.3 Å². The first-order valence-corrected chi connectivity index (χ1v) is 7.16. The smallest absolute Gasteiger partial charge is 0.411 e. The van der Waals surface area contributed by atoms with Crippen LogP contribution < -0.4 is 10.6 Å². The number of ether oxygens (including phenoxy) is 1. The highest BCUT2D eigenvalue weighted by Gasteiger charge is 2.12. The summed E-state index contributed by atoms with van der Waals surface area (Å²) >= 11 is 0. The van der Waals surface area contributed by atoms with E-state index in [9.17, 15) is 9.59 Å². The van der Waals surface area contributed by atoms with Crippen LogP contribution in [0.2, 0.25) is 0 Å². The van der Waals surface area contributed by atoms with E-state index in [0.29, 0.717) is 17.8 Å². The lowest BCUT2D eigenvalue weighted by Crippen LogP contribution is -2.25. The molecule has 0 heterocycles. The maximum atomic E-state index is 12.0. The molecule has 2 aromatic rings. The lowest BCUT2D eigenvalue weighted by Gasteiger charge is -2.11. The number of carbonyl (C=O) groups excluding carboxylic acids is 2. The summed E-state index contributed by atoms with van der Waals surface area (Å²) in [5, 5.41) is 5.26. The number of hydrogen-bond acceptors (Lipinski definition) is 3. The molecule has 0 fully saturated rings. The standard InChI is InChI=1S/C18H18N2O3/c1-2-12-19-17(21)15-10-6-7-11-16(15)20-18(22)23-13-14-8-4-3-5-9-14/h2-11H,1,12-13H2,(H,19,21)(H,20,22). The molecule has 0 aromatic heterocycles. The lowest BCUT2D eigenvalue weighted by atomic mass is 10.1. The summed E-state index contributed by atoms with van der Waals surface area (Å²) in [6.45, 7) is 4.06. The normalized spacial score (nSPS) is 9.74. The van der Waals surface area contributed by atoms with Crippen molar-refractivity contribution in [2.75, 3.05) is 11.9 Å². The second-order valence-electron chi connectivity index (χ2n) is 4.73. The van der Waals surface area contributed by atoms with E-state index in [-0.39, 0.29) is 12.5 Å². The fourth-order valence-electron chi connectivity index (χ4n) is 1.92. The molecule has 2 amide bonds. The van der Waals surface area contributed by atoms with Gasteiger partial charge in [-0.25, -0.2) is 4.79 Å². The minimum Gasteiger partial charge on any atom is -0.444 e. The van der Waals surface area contributed by atoms with Crippen LogP contribution in [0.1, 0.15) is 15.9 Å². The summed E-state index contributed by atoms with van der Waals surface area (Å²) in [6, 6.07) is 16.1. The van der Waals surface area contributed by atoms with Gasteiger partial charge >= 0.3 is 6.09 Å². The Bertz CT molecular complexity index is 684. The van der Waals surface area contributed by atoms with Gasteiger partial charge in [-0.1, -0.05) is 48.5 Å². The van der Waals surface area contributed by atoms with Crippen LogP contribution in [0, 0.1) is 0 Å². The highest BCUT2D eigenvalue weighted by Crippen LogP contribution is 2.15. The van der Waals surface area contributed by atoms with Gasteiger partial charge in [0.25, 0.3) is 5.91 Å². The predicted molar refractivity (Wildman–Crippen MR) is 89.2 cm³/mol. The van der Waals surface area contributed by atoms with Crippen LogP contribution in [0.15, 0.2) is 67.3 Å². The molecule has 118 valence electrons. The van der Waals surface area contributed by atoms with Crippen molar-refractivity contribution in [3.05, 3.63) is 78.4 Å². The van der Waals surface area contributed by atoms with E-state index >= 15 is 0 Å². The average Bonchev–Trinajstić information content (AvgIpc) is 2.59. The van der Waals surface area contributed by atoms with Gasteiger partial charge in [-0.15, -0.1) is 6.58 Å². The Kier molecular flexibility index (Phi) is 5.94. The molecule has 0 atom stereocenters. The van der Waals surface area contributed by atoms with Gasteiger partial charge in [0.1, 0.15) is 6.61 Å². The van der Waals surface area contributed by atoms with Gasteiger partial charge in [0.15, 0.2) is 0 Å². The third-order valence-corrected chi connectivity index (χ3v) is 3.03. The Hall–Kier alpha value is -3.08. The quantitative estimate of drug-likeness (QED) is 0.804. The van der Waals surface area contributed by atoms with E-state index in [1.807, 2.05) is 30.3 Å². The number of hydrogen-bond donors (Lipinski definition) is 2. The third-order valence-electron chi connectivity index (χ3n) is 3.03. The van der Waals surface area contributed by atoms with E-state index < -0.39 is 6.09 Å². The molecule has 0 aliphatic rings. The highest BCUT2D eigenvalue weighted by atomic mass is 16.5. The fraction of sp³-hybridized carbons (Fsp3) is 0.111. The summed E-state index contributed by atoms with van der Waals surface area (Å²) in [5.41, 5.74) is 1.65. The van der Waals surface area contributed by atoms with Gasteiger partial charge in [0.2, 0.25) is 0 Å². The van der Waals surface area contributed by atoms with Crippen molar-refractivity contribution in [3.63, 3.8) is 0 Å². The van der Waals surface area contributed by atoms with Crippen LogP contribution in [0.4, 0.5) is 10.5 Å². The van der Waals surface area contributed by atoms with Gasteiger partial charge in [0.05, 0.1) is 11.3 Å². The van der Waals surface area contributed by atoms with Crippen molar-refractivity contribution in [1.82, 2.24) is 5.32 Å². The number of para-hydroxylation sites is 1. The Morgan fingerprint density at radius 2 is 1.74 bits per heavy atom. The molecular formula is C18H18N2O3. The lowest BCUT2D eigenvalue weighted by molar-refractivity contribution is 0.0959. The van der Waals surface area contributed by atoms with Gasteiger partial charge in [-0.2, -0.15) is 0 Å². The van der Waals surface area contributed by atoms with Crippen molar-refractivity contribution in [2.24, 2.45) is 0 Å². The zero-order chi connectivity index (χ0) is 16.5. The topological polar surface area (TPSA) is 67.4 Å². The first-order chi connectivity index (χ1) is 11.2. The zero-order valence-electron chi connectivity index (χ0n) is 12.6. The number of anilines is 1. The molecule has 23 heavy (non-hydrogen) atoms. The molecule has 0 bridgehead atoms. The maximum Gasteiger partial charge on any atom is 0.411 e. The number of nitrogens with one attached hydrogen (secondary N) is 2. The van der Waals surface area contributed by atoms with Crippen molar-refractivity contribution in [1.29, 1.82) is 0 Å². The first-order valence-electron chi connectivity index (χ1n) is 7.16. The fourth-order valence-corrected chi connectivity index (χ4v) is 1.92. The van der Waals surface area contributed by atoms with E-state index in [1.165, 1.54) is 0 Å². The Balaban J connectivity index is 1.97. The molecule has 0 aliphatic carbocycles. The number of benzene rings is 2. The minimum atomic E-state index is -0.613. The van der Waals surface area contributed by atoms with Crippen molar-refractivity contribution < 1.29 is 14.3 Å². The summed E-state index contributed by atoms with van der Waals surface area (Å²) in [5.74, 6) is -0.288. The summed E-state index contributed by atoms with van der Waals surface area (Å²) in [7, 11) is 0. The van der Waals surface area contributed by atoms with E-state index in [4.69, 9.17) is 4.74 Å². The highest BCUT2D eigenvalue weighted by molar-refractivity contribution is 6.02. The predicted octanol–water partition coefficient (Wildman–Crippen LogP) is 3.35. The Morgan fingerprint density at radius 1 is 1.04 bits per heavy atom. The summed E-state index contributed by atoms with van der Waals surface area (Å²) in [4.78, 5) is 23.9. The van der Waals surface area contributed by atoms with Gasteiger partial charge in [-0.3, -0.25) is 10.1 Å². The van der Waals surface area contributed by atoms with Gasteiger partial charge in [-0.05, 0) is 17.7 Å². The van der Waals surface area contributed by atoms with Crippen molar-refractivity contribution in [2.45, 2.75) is 6.61 Å².